The summed E-state index contributed by atoms with van der Waals surface area (Å²) >= 11 is 0. The molecule has 5 heteroatoms. The summed E-state index contributed by atoms with van der Waals surface area (Å²) < 4.78 is 5.13. The van der Waals surface area contributed by atoms with Gasteiger partial charge in [-0.1, -0.05) is 13.0 Å². The number of H-pyrrole nitrogens is 1. The van der Waals surface area contributed by atoms with Crippen LogP contribution in [0, 0.1) is 5.92 Å². The maximum atomic E-state index is 12.4. The summed E-state index contributed by atoms with van der Waals surface area (Å²) in [6, 6.07) is 8.79. The van der Waals surface area contributed by atoms with Gasteiger partial charge in [0.1, 0.15) is 11.3 Å². The zero-order chi connectivity index (χ0) is 16.4. The molecule has 0 unspecified atom stereocenters. The van der Waals surface area contributed by atoms with Crippen LogP contribution in [0.5, 0.6) is 5.75 Å². The molecule has 1 aromatic heterocycles. The number of carbonyl (C=O) groups excluding carboxylic acids is 1. The number of aryl methyl sites for hydroxylation is 1. The molecule has 0 saturated carbocycles. The van der Waals surface area contributed by atoms with Gasteiger partial charge in [0.25, 0.3) is 11.5 Å². The van der Waals surface area contributed by atoms with Gasteiger partial charge in [-0.3, -0.25) is 9.59 Å². The molecule has 0 fully saturated rings. The normalized spacial score (nSPS) is 16.5. The highest BCUT2D eigenvalue weighted by Gasteiger charge is 2.20. The van der Waals surface area contributed by atoms with Crippen molar-refractivity contribution in [3.8, 4) is 5.75 Å². The van der Waals surface area contributed by atoms with E-state index in [1.165, 1.54) is 0 Å². The first kappa shape index (κ1) is 15.3. The number of benzene rings is 1. The number of ether oxygens (including phenoxy) is 1. The van der Waals surface area contributed by atoms with Crippen LogP contribution >= 0.6 is 0 Å². The number of nitrogens with one attached hydrogen (secondary N) is 2. The average Bonchev–Trinajstić information content (AvgIpc) is 2.54. The van der Waals surface area contributed by atoms with Crippen molar-refractivity contribution in [2.45, 2.75) is 26.2 Å². The molecule has 23 heavy (non-hydrogen) atoms. The summed E-state index contributed by atoms with van der Waals surface area (Å²) in [7, 11) is 1.57. The third kappa shape index (κ3) is 3.28. The number of hydrogen-bond donors (Lipinski definition) is 2. The fourth-order valence-corrected chi connectivity index (χ4v) is 2.95. The fourth-order valence-electron chi connectivity index (χ4n) is 2.95. The molecule has 120 valence electrons. The SMILES string of the molecule is COc1cccc(NC(=O)c2cc3c([nH]c2=O)CC[C@H](C)C3)c1. The van der Waals surface area contributed by atoms with Crippen molar-refractivity contribution in [1.29, 1.82) is 0 Å². The number of carbonyl (C=O) groups is 1. The third-order valence-corrected chi connectivity index (χ3v) is 4.24. The average molecular weight is 312 g/mol. The number of fused-ring (bicyclic) bond motifs is 1. The number of rotatable bonds is 3. The molecule has 1 atom stereocenters. The zero-order valence-electron chi connectivity index (χ0n) is 13.3. The topological polar surface area (TPSA) is 71.2 Å². The van der Waals surface area contributed by atoms with Crippen LogP contribution in [0.1, 0.15) is 35.0 Å². The predicted octanol–water partition coefficient (Wildman–Crippen LogP) is 2.76. The van der Waals surface area contributed by atoms with Crippen molar-refractivity contribution in [2.24, 2.45) is 5.92 Å². The number of aromatic nitrogens is 1. The van der Waals surface area contributed by atoms with E-state index in [9.17, 15) is 9.59 Å². The van der Waals surface area contributed by atoms with Gasteiger partial charge in [-0.25, -0.2) is 0 Å². The molecule has 0 spiro atoms. The maximum Gasteiger partial charge on any atom is 0.261 e. The molecule has 0 aliphatic heterocycles. The Kier molecular flexibility index (Phi) is 4.19. The second-order valence-corrected chi connectivity index (χ2v) is 6.05. The van der Waals surface area contributed by atoms with E-state index in [-0.39, 0.29) is 11.1 Å². The van der Waals surface area contributed by atoms with Crippen LogP contribution in [0.2, 0.25) is 0 Å². The Morgan fingerprint density at radius 2 is 2.17 bits per heavy atom. The highest BCUT2D eigenvalue weighted by atomic mass is 16.5. The quantitative estimate of drug-likeness (QED) is 0.915. The van der Waals surface area contributed by atoms with Crippen molar-refractivity contribution >= 4 is 11.6 Å². The first-order valence-electron chi connectivity index (χ1n) is 7.77. The van der Waals surface area contributed by atoms with Crippen molar-refractivity contribution in [2.75, 3.05) is 12.4 Å². The highest BCUT2D eigenvalue weighted by Crippen LogP contribution is 2.23. The lowest BCUT2D eigenvalue weighted by Crippen LogP contribution is -2.27. The number of anilines is 1. The second-order valence-electron chi connectivity index (χ2n) is 6.05. The lowest BCUT2D eigenvalue weighted by Gasteiger charge is -2.21. The highest BCUT2D eigenvalue weighted by molar-refractivity contribution is 6.04. The Morgan fingerprint density at radius 1 is 1.35 bits per heavy atom. The Balaban J connectivity index is 1.87. The Bertz CT molecular complexity index is 795. The van der Waals surface area contributed by atoms with Crippen LogP contribution in [0.25, 0.3) is 0 Å². The van der Waals surface area contributed by atoms with Gasteiger partial charge in [0.2, 0.25) is 0 Å². The molecular weight excluding hydrogens is 292 g/mol. The molecule has 1 amide bonds. The van der Waals surface area contributed by atoms with Crippen LogP contribution in [-0.2, 0) is 12.8 Å². The van der Waals surface area contributed by atoms with Crippen molar-refractivity contribution in [1.82, 2.24) is 4.98 Å². The minimum atomic E-state index is -0.402. The van der Waals surface area contributed by atoms with Crippen LogP contribution in [0.15, 0.2) is 35.1 Å². The smallest absolute Gasteiger partial charge is 0.261 e. The van der Waals surface area contributed by atoms with Gasteiger partial charge >= 0.3 is 0 Å². The van der Waals surface area contributed by atoms with E-state index in [2.05, 4.69) is 17.2 Å². The molecule has 1 heterocycles. The molecule has 5 nitrogen and oxygen atoms in total. The van der Waals surface area contributed by atoms with Gasteiger partial charge in [0, 0.05) is 17.4 Å². The molecule has 2 N–H and O–H groups in total. The van der Waals surface area contributed by atoms with Gasteiger partial charge in [-0.2, -0.15) is 0 Å². The minimum Gasteiger partial charge on any atom is -0.497 e. The maximum absolute atomic E-state index is 12.4. The van der Waals surface area contributed by atoms with Crippen molar-refractivity contribution in [3.63, 3.8) is 0 Å². The number of methoxy groups -OCH3 is 1. The largest absolute Gasteiger partial charge is 0.497 e. The lowest BCUT2D eigenvalue weighted by molar-refractivity contribution is 0.102. The Morgan fingerprint density at radius 3 is 2.96 bits per heavy atom. The van der Waals surface area contributed by atoms with Gasteiger partial charge in [0.05, 0.1) is 7.11 Å². The summed E-state index contributed by atoms with van der Waals surface area (Å²) in [4.78, 5) is 27.5. The van der Waals surface area contributed by atoms with Gasteiger partial charge < -0.3 is 15.0 Å². The third-order valence-electron chi connectivity index (χ3n) is 4.24. The molecule has 0 saturated heterocycles. The Hall–Kier alpha value is -2.56. The summed E-state index contributed by atoms with van der Waals surface area (Å²) in [6.07, 6.45) is 2.83. The van der Waals surface area contributed by atoms with Crippen molar-refractivity contribution in [3.05, 3.63) is 57.5 Å². The van der Waals surface area contributed by atoms with Crippen molar-refractivity contribution < 1.29 is 9.53 Å². The van der Waals surface area contributed by atoms with E-state index in [0.717, 1.165) is 30.5 Å². The number of hydrogen-bond acceptors (Lipinski definition) is 3. The molecular formula is C18H20N2O3. The van der Waals surface area contributed by atoms with E-state index in [1.54, 1.807) is 37.4 Å². The van der Waals surface area contributed by atoms with Gasteiger partial charge in [-0.05, 0) is 48.9 Å². The molecule has 3 rings (SSSR count). The molecule has 1 aromatic carbocycles. The molecule has 1 aliphatic rings. The first-order chi connectivity index (χ1) is 11.1. The summed E-state index contributed by atoms with van der Waals surface area (Å²) in [5.41, 5.74) is 2.45. The summed E-state index contributed by atoms with van der Waals surface area (Å²) in [5, 5.41) is 2.75. The van der Waals surface area contributed by atoms with E-state index in [1.807, 2.05) is 0 Å². The van der Waals surface area contributed by atoms with Crippen LogP contribution in [-0.4, -0.2) is 18.0 Å². The monoisotopic (exact) mass is 312 g/mol. The number of aromatic amines is 1. The fraction of sp³-hybridized carbons (Fsp3) is 0.333. The summed E-state index contributed by atoms with van der Waals surface area (Å²) in [5.74, 6) is 0.819. The lowest BCUT2D eigenvalue weighted by atomic mass is 9.87. The van der Waals surface area contributed by atoms with E-state index < -0.39 is 5.91 Å². The summed E-state index contributed by atoms with van der Waals surface area (Å²) in [6.45, 7) is 2.18. The number of amides is 1. The van der Waals surface area contributed by atoms with Crippen LogP contribution in [0.3, 0.4) is 0 Å². The molecule has 0 bridgehead atoms. The van der Waals surface area contributed by atoms with Crippen LogP contribution < -0.4 is 15.6 Å². The second kappa shape index (κ2) is 6.28. The standard InChI is InChI=1S/C18H20N2O3/c1-11-6-7-16-12(8-11)9-15(18(22)20-16)17(21)19-13-4-3-5-14(10-13)23-2/h3-5,9-11H,6-8H2,1-2H3,(H,19,21)(H,20,22)/t11-/m0/s1. The van der Waals surface area contributed by atoms with Gasteiger partial charge in [0.15, 0.2) is 0 Å². The predicted molar refractivity (Wildman–Crippen MR) is 89.2 cm³/mol. The van der Waals surface area contributed by atoms with Gasteiger partial charge in [-0.15, -0.1) is 0 Å². The molecule has 2 aromatic rings. The minimum absolute atomic E-state index is 0.153. The zero-order valence-corrected chi connectivity index (χ0v) is 13.3. The molecule has 1 aliphatic carbocycles. The van der Waals surface area contributed by atoms with E-state index in [4.69, 9.17) is 4.74 Å². The molecule has 0 radical (unpaired) electrons. The first-order valence-corrected chi connectivity index (χ1v) is 7.77. The Labute approximate surface area is 134 Å². The van der Waals surface area contributed by atoms with Crippen LogP contribution in [0.4, 0.5) is 5.69 Å². The van der Waals surface area contributed by atoms with E-state index >= 15 is 0 Å². The van der Waals surface area contributed by atoms with E-state index in [0.29, 0.717) is 17.4 Å². The number of pyridine rings is 1.